The second kappa shape index (κ2) is 5.88. The van der Waals surface area contributed by atoms with Crippen LogP contribution in [0.2, 0.25) is 10.0 Å². The Balaban J connectivity index is 1.86. The lowest BCUT2D eigenvalue weighted by molar-refractivity contribution is 0.998. The zero-order valence-corrected chi connectivity index (χ0v) is 12.9. The molecule has 0 aliphatic rings. The zero-order valence-electron chi connectivity index (χ0n) is 11.4. The molecular weight excluding hydrogens is 305 g/mol. The summed E-state index contributed by atoms with van der Waals surface area (Å²) in [6.45, 7) is 2.52. The van der Waals surface area contributed by atoms with Crippen LogP contribution in [0, 0.1) is 6.92 Å². The first-order valence-electron chi connectivity index (χ1n) is 6.54. The van der Waals surface area contributed by atoms with E-state index in [0.29, 0.717) is 16.6 Å². The summed E-state index contributed by atoms with van der Waals surface area (Å²) in [5.41, 5.74) is 4.44. The number of aryl methyl sites for hydroxylation is 1. The van der Waals surface area contributed by atoms with Crippen molar-refractivity contribution in [3.63, 3.8) is 0 Å². The summed E-state index contributed by atoms with van der Waals surface area (Å²) in [5.74, 6) is 0. The summed E-state index contributed by atoms with van der Waals surface area (Å²) >= 11 is 12.0. The Morgan fingerprint density at radius 3 is 2.43 bits per heavy atom. The fraction of sp³-hybridized carbons (Fsp3) is 0.125. The fourth-order valence-corrected chi connectivity index (χ4v) is 2.58. The van der Waals surface area contributed by atoms with Crippen LogP contribution in [-0.4, -0.2) is 9.97 Å². The predicted molar refractivity (Wildman–Crippen MR) is 88.1 cm³/mol. The lowest BCUT2D eigenvalue weighted by atomic mass is 10.2. The molecule has 1 aromatic heterocycles. The molecule has 0 radical (unpaired) electrons. The number of fused-ring (bicyclic) bond motifs is 1. The van der Waals surface area contributed by atoms with Gasteiger partial charge in [0, 0.05) is 5.02 Å². The van der Waals surface area contributed by atoms with E-state index in [4.69, 9.17) is 23.2 Å². The molecule has 3 aromatic rings. The average Bonchev–Trinajstić information content (AvgIpc) is 2.46. The van der Waals surface area contributed by atoms with E-state index in [0.717, 1.165) is 28.1 Å². The van der Waals surface area contributed by atoms with Crippen LogP contribution in [0.5, 0.6) is 0 Å². The summed E-state index contributed by atoms with van der Waals surface area (Å²) in [6.07, 6.45) is 0. The minimum Gasteiger partial charge on any atom is -0.378 e. The maximum atomic E-state index is 6.15. The van der Waals surface area contributed by atoms with E-state index in [2.05, 4.69) is 15.3 Å². The molecule has 0 atom stereocenters. The molecule has 1 heterocycles. The number of aromatic nitrogens is 2. The minimum absolute atomic E-state index is 0.561. The Labute approximate surface area is 132 Å². The van der Waals surface area contributed by atoms with E-state index in [1.165, 1.54) is 0 Å². The first-order chi connectivity index (χ1) is 10.1. The molecule has 0 saturated heterocycles. The Morgan fingerprint density at radius 2 is 1.71 bits per heavy atom. The van der Waals surface area contributed by atoms with Crippen LogP contribution in [0.25, 0.3) is 11.0 Å². The quantitative estimate of drug-likeness (QED) is 0.749. The van der Waals surface area contributed by atoms with Crippen molar-refractivity contribution >= 4 is 39.9 Å². The van der Waals surface area contributed by atoms with Crippen molar-refractivity contribution in [1.82, 2.24) is 9.97 Å². The first kappa shape index (κ1) is 14.1. The summed E-state index contributed by atoms with van der Waals surface area (Å²) in [4.78, 5) is 9.21. The third-order valence-electron chi connectivity index (χ3n) is 3.22. The van der Waals surface area contributed by atoms with E-state index in [1.807, 2.05) is 37.3 Å². The molecule has 2 aromatic carbocycles. The van der Waals surface area contributed by atoms with E-state index >= 15 is 0 Å². The third-order valence-corrected chi connectivity index (χ3v) is 3.77. The Hall–Kier alpha value is -1.84. The van der Waals surface area contributed by atoms with Crippen LogP contribution in [-0.2, 0) is 6.54 Å². The number of rotatable bonds is 3. The molecule has 0 spiro atoms. The molecular formula is C16H13Cl2N3. The van der Waals surface area contributed by atoms with Gasteiger partial charge < -0.3 is 5.32 Å². The largest absolute Gasteiger partial charge is 0.378 e. The lowest BCUT2D eigenvalue weighted by Crippen LogP contribution is -2.06. The molecule has 0 amide bonds. The number of anilines is 1. The van der Waals surface area contributed by atoms with E-state index in [1.54, 1.807) is 12.1 Å². The van der Waals surface area contributed by atoms with Gasteiger partial charge in [0.2, 0.25) is 0 Å². The molecule has 0 unspecified atom stereocenters. The van der Waals surface area contributed by atoms with Crippen molar-refractivity contribution < 1.29 is 0 Å². The first-order valence-corrected chi connectivity index (χ1v) is 7.30. The molecule has 3 nitrogen and oxygen atoms in total. The fourth-order valence-electron chi connectivity index (χ4n) is 2.10. The summed E-state index contributed by atoms with van der Waals surface area (Å²) in [6, 6.07) is 13.2. The maximum absolute atomic E-state index is 6.15. The molecule has 0 aliphatic heterocycles. The van der Waals surface area contributed by atoms with Crippen LogP contribution >= 0.6 is 23.2 Å². The molecule has 0 fully saturated rings. The van der Waals surface area contributed by atoms with Gasteiger partial charge in [-0.05, 0) is 37.3 Å². The number of halogens is 2. The molecule has 106 valence electrons. The second-order valence-electron chi connectivity index (χ2n) is 4.72. The number of hydrogen-bond donors (Lipinski definition) is 1. The van der Waals surface area contributed by atoms with Crippen molar-refractivity contribution in [1.29, 1.82) is 0 Å². The second-order valence-corrected chi connectivity index (χ2v) is 5.57. The van der Waals surface area contributed by atoms with Gasteiger partial charge >= 0.3 is 0 Å². The highest BCUT2D eigenvalue weighted by Crippen LogP contribution is 2.26. The van der Waals surface area contributed by atoms with Crippen molar-refractivity contribution in [2.24, 2.45) is 0 Å². The zero-order chi connectivity index (χ0) is 14.8. The number of hydrogen-bond acceptors (Lipinski definition) is 3. The molecule has 5 heteroatoms. The molecule has 0 aliphatic carbocycles. The van der Waals surface area contributed by atoms with E-state index < -0.39 is 0 Å². The highest BCUT2D eigenvalue weighted by atomic mass is 35.5. The molecule has 3 rings (SSSR count). The highest BCUT2D eigenvalue weighted by Gasteiger charge is 2.06. The Kier molecular flexibility index (Phi) is 3.95. The van der Waals surface area contributed by atoms with Crippen molar-refractivity contribution in [3.8, 4) is 0 Å². The molecule has 0 saturated carbocycles. The topological polar surface area (TPSA) is 37.8 Å². The summed E-state index contributed by atoms with van der Waals surface area (Å²) in [7, 11) is 0. The summed E-state index contributed by atoms with van der Waals surface area (Å²) in [5, 5.41) is 4.48. The monoisotopic (exact) mass is 317 g/mol. The van der Waals surface area contributed by atoms with E-state index in [9.17, 15) is 0 Å². The normalized spacial score (nSPS) is 10.8. The van der Waals surface area contributed by atoms with Crippen molar-refractivity contribution in [2.75, 3.05) is 5.32 Å². The van der Waals surface area contributed by atoms with Crippen LogP contribution in [0.15, 0.2) is 42.5 Å². The lowest BCUT2D eigenvalue weighted by Gasteiger charge is -2.10. The van der Waals surface area contributed by atoms with Gasteiger partial charge in [-0.3, -0.25) is 0 Å². The number of para-hydroxylation sites is 2. The molecule has 1 N–H and O–H groups in total. The number of benzene rings is 2. The van der Waals surface area contributed by atoms with E-state index in [-0.39, 0.29) is 0 Å². The average molecular weight is 318 g/mol. The third kappa shape index (κ3) is 3.09. The van der Waals surface area contributed by atoms with Gasteiger partial charge in [0.15, 0.2) is 0 Å². The van der Waals surface area contributed by atoms with Crippen LogP contribution in [0.3, 0.4) is 0 Å². The van der Waals surface area contributed by atoms with Crippen LogP contribution in [0.4, 0.5) is 5.69 Å². The Bertz CT molecular complexity index is 803. The van der Waals surface area contributed by atoms with Gasteiger partial charge in [0.05, 0.1) is 39.7 Å². The van der Waals surface area contributed by atoms with Gasteiger partial charge in [-0.25, -0.2) is 9.97 Å². The molecule has 0 bridgehead atoms. The maximum Gasteiger partial charge on any atom is 0.0891 e. The summed E-state index contributed by atoms with van der Waals surface area (Å²) < 4.78 is 0. The van der Waals surface area contributed by atoms with Crippen molar-refractivity contribution in [2.45, 2.75) is 13.5 Å². The molecule has 21 heavy (non-hydrogen) atoms. The van der Waals surface area contributed by atoms with Gasteiger partial charge in [0.1, 0.15) is 0 Å². The van der Waals surface area contributed by atoms with Gasteiger partial charge in [0.25, 0.3) is 0 Å². The standard InChI is InChI=1S/C16H13Cl2N3/c1-10-16(21-15-5-3-2-4-14(15)20-10)9-19-13-7-6-11(17)8-12(13)18/h2-8,19H,9H2,1H3. The van der Waals surface area contributed by atoms with Gasteiger partial charge in [-0.1, -0.05) is 35.3 Å². The smallest absolute Gasteiger partial charge is 0.0891 e. The van der Waals surface area contributed by atoms with Gasteiger partial charge in [-0.2, -0.15) is 0 Å². The van der Waals surface area contributed by atoms with Crippen LogP contribution in [0.1, 0.15) is 11.4 Å². The minimum atomic E-state index is 0.561. The SMILES string of the molecule is Cc1nc2ccccc2nc1CNc1ccc(Cl)cc1Cl. The Morgan fingerprint density at radius 1 is 1.00 bits per heavy atom. The number of nitrogens with one attached hydrogen (secondary N) is 1. The predicted octanol–water partition coefficient (Wildman–Crippen LogP) is 4.86. The van der Waals surface area contributed by atoms with Crippen molar-refractivity contribution in [3.05, 3.63) is 63.9 Å². The van der Waals surface area contributed by atoms with Crippen LogP contribution < -0.4 is 5.32 Å². The van der Waals surface area contributed by atoms with Gasteiger partial charge in [-0.15, -0.1) is 0 Å². The highest BCUT2D eigenvalue weighted by molar-refractivity contribution is 6.36. The number of nitrogens with zero attached hydrogens (tertiary/aromatic N) is 2.